The van der Waals surface area contributed by atoms with Gasteiger partial charge in [-0.15, -0.1) is 0 Å². The van der Waals surface area contributed by atoms with Crippen LogP contribution in [0.2, 0.25) is 0 Å². The summed E-state index contributed by atoms with van der Waals surface area (Å²) < 4.78 is 26.7. The van der Waals surface area contributed by atoms with Gasteiger partial charge in [0.15, 0.2) is 0 Å². The molecule has 1 fully saturated rings. The number of piperazine rings is 1. The summed E-state index contributed by atoms with van der Waals surface area (Å²) >= 11 is 0. The summed E-state index contributed by atoms with van der Waals surface area (Å²) in [6, 6.07) is 15.0. The van der Waals surface area contributed by atoms with Crippen LogP contribution in [0.4, 0.5) is 5.69 Å². The Bertz CT molecular complexity index is 928. The molecular weight excluding hydrogens is 354 g/mol. The van der Waals surface area contributed by atoms with Crippen molar-refractivity contribution in [2.45, 2.75) is 4.90 Å². The van der Waals surface area contributed by atoms with Crippen molar-refractivity contribution >= 4 is 27.5 Å². The van der Waals surface area contributed by atoms with Crippen LogP contribution in [0, 0.1) is 0 Å². The van der Waals surface area contributed by atoms with Gasteiger partial charge in [-0.2, -0.15) is 4.31 Å². The van der Waals surface area contributed by atoms with Gasteiger partial charge in [0.25, 0.3) is 5.91 Å². The lowest BCUT2D eigenvalue weighted by Crippen LogP contribution is -2.49. The number of amides is 2. The van der Waals surface area contributed by atoms with Crippen molar-refractivity contribution in [3.05, 3.63) is 60.2 Å². The molecule has 2 amide bonds. The lowest BCUT2D eigenvalue weighted by molar-refractivity contribution is -0.122. The first-order valence-electron chi connectivity index (χ1n) is 8.09. The maximum Gasteiger partial charge on any atom is 0.258 e. The normalized spacial score (nSPS) is 15.3. The quantitative estimate of drug-likeness (QED) is 0.869. The van der Waals surface area contributed by atoms with E-state index in [1.807, 2.05) is 18.2 Å². The Morgan fingerprint density at radius 3 is 2.54 bits per heavy atom. The third-order valence-corrected chi connectivity index (χ3v) is 6.01. The van der Waals surface area contributed by atoms with Crippen molar-refractivity contribution in [3.63, 3.8) is 0 Å². The summed E-state index contributed by atoms with van der Waals surface area (Å²) in [5, 5.41) is 2.59. The van der Waals surface area contributed by atoms with Gasteiger partial charge < -0.3 is 10.2 Å². The largest absolute Gasteiger partial charge is 0.354 e. The van der Waals surface area contributed by atoms with E-state index >= 15 is 0 Å². The van der Waals surface area contributed by atoms with E-state index in [-0.39, 0.29) is 41.9 Å². The lowest BCUT2D eigenvalue weighted by atomic mass is 10.2. The van der Waals surface area contributed by atoms with E-state index < -0.39 is 10.0 Å². The molecule has 26 heavy (non-hydrogen) atoms. The maximum absolute atomic E-state index is 12.8. The Morgan fingerprint density at radius 2 is 1.85 bits per heavy atom. The number of anilines is 1. The predicted molar refractivity (Wildman–Crippen MR) is 97.4 cm³/mol. The Hall–Kier alpha value is -2.71. The Labute approximate surface area is 152 Å². The second kappa shape index (κ2) is 7.27. The van der Waals surface area contributed by atoms with E-state index in [2.05, 4.69) is 5.32 Å². The predicted octanol–water partition coefficient (Wildman–Crippen LogP) is 1.08. The Balaban J connectivity index is 1.88. The lowest BCUT2D eigenvalue weighted by Gasteiger charge is -2.26. The van der Waals surface area contributed by atoms with Crippen molar-refractivity contribution in [1.29, 1.82) is 0 Å². The summed E-state index contributed by atoms with van der Waals surface area (Å²) in [6.07, 6.45) is 0. The molecule has 0 aromatic heterocycles. The molecule has 1 aliphatic rings. The van der Waals surface area contributed by atoms with Crippen molar-refractivity contribution in [1.82, 2.24) is 9.62 Å². The summed E-state index contributed by atoms with van der Waals surface area (Å²) in [4.78, 5) is 25.7. The summed E-state index contributed by atoms with van der Waals surface area (Å²) in [5.74, 6) is -0.652. The number of carbonyl (C=O) groups is 2. The topological polar surface area (TPSA) is 86.8 Å². The molecule has 1 saturated heterocycles. The number of para-hydroxylation sites is 1. The van der Waals surface area contributed by atoms with Gasteiger partial charge in [-0.1, -0.05) is 24.3 Å². The minimum Gasteiger partial charge on any atom is -0.354 e. The molecule has 0 aliphatic carbocycles. The van der Waals surface area contributed by atoms with Gasteiger partial charge in [-0.3, -0.25) is 9.59 Å². The van der Waals surface area contributed by atoms with Crippen molar-refractivity contribution in [2.24, 2.45) is 0 Å². The van der Waals surface area contributed by atoms with Crippen LogP contribution in [0.3, 0.4) is 0 Å². The van der Waals surface area contributed by atoms with Crippen LogP contribution in [0.5, 0.6) is 0 Å². The molecule has 0 spiro atoms. The van der Waals surface area contributed by atoms with E-state index in [9.17, 15) is 18.0 Å². The first-order chi connectivity index (χ1) is 12.4. The van der Waals surface area contributed by atoms with Gasteiger partial charge >= 0.3 is 0 Å². The molecule has 0 bridgehead atoms. The minimum atomic E-state index is -3.84. The second-order valence-corrected chi connectivity index (χ2v) is 7.85. The molecule has 0 radical (unpaired) electrons. The molecule has 136 valence electrons. The average Bonchev–Trinajstić information content (AvgIpc) is 2.67. The zero-order chi connectivity index (χ0) is 18.7. The van der Waals surface area contributed by atoms with Gasteiger partial charge in [-0.05, 0) is 30.3 Å². The summed E-state index contributed by atoms with van der Waals surface area (Å²) in [7, 11) is -2.21. The fourth-order valence-electron chi connectivity index (χ4n) is 2.72. The summed E-state index contributed by atoms with van der Waals surface area (Å²) in [5.41, 5.74) is 0.970. The Kier molecular flexibility index (Phi) is 5.06. The van der Waals surface area contributed by atoms with E-state index in [0.29, 0.717) is 5.69 Å². The second-order valence-electron chi connectivity index (χ2n) is 5.92. The molecular formula is C18H19N3O4S. The fraction of sp³-hybridized carbons (Fsp3) is 0.222. The van der Waals surface area contributed by atoms with Gasteiger partial charge in [0, 0.05) is 31.4 Å². The van der Waals surface area contributed by atoms with Crippen LogP contribution in [-0.4, -0.2) is 51.2 Å². The number of nitrogens with one attached hydrogen (secondary N) is 1. The highest BCUT2D eigenvalue weighted by molar-refractivity contribution is 7.89. The zero-order valence-corrected chi connectivity index (χ0v) is 15.1. The Morgan fingerprint density at radius 1 is 1.12 bits per heavy atom. The highest BCUT2D eigenvalue weighted by atomic mass is 32.2. The number of nitrogens with zero attached hydrogens (tertiary/aromatic N) is 2. The SMILES string of the molecule is CN(C(=O)c1cccc(S(=O)(=O)N2CCNC(=O)C2)c1)c1ccccc1. The van der Waals surface area contributed by atoms with Crippen LogP contribution >= 0.6 is 0 Å². The highest BCUT2D eigenvalue weighted by Crippen LogP contribution is 2.20. The number of sulfonamides is 1. The van der Waals surface area contributed by atoms with Crippen LogP contribution in [0.25, 0.3) is 0 Å². The van der Waals surface area contributed by atoms with Crippen LogP contribution in [-0.2, 0) is 14.8 Å². The van der Waals surface area contributed by atoms with Crippen molar-refractivity contribution < 1.29 is 18.0 Å². The third-order valence-electron chi connectivity index (χ3n) is 4.17. The molecule has 7 nitrogen and oxygen atoms in total. The van der Waals surface area contributed by atoms with E-state index in [1.165, 1.54) is 23.1 Å². The smallest absolute Gasteiger partial charge is 0.258 e. The van der Waals surface area contributed by atoms with E-state index in [1.54, 1.807) is 25.2 Å². The van der Waals surface area contributed by atoms with Gasteiger partial charge in [0.2, 0.25) is 15.9 Å². The first-order valence-corrected chi connectivity index (χ1v) is 9.53. The molecule has 2 aromatic rings. The first kappa shape index (κ1) is 18.1. The fourth-order valence-corrected chi connectivity index (χ4v) is 4.16. The standard InChI is InChI=1S/C18H19N3O4S/c1-20(15-7-3-2-4-8-15)18(23)14-6-5-9-16(12-14)26(24,25)21-11-10-19-17(22)13-21/h2-9,12H,10-11,13H2,1H3,(H,19,22). The number of carbonyl (C=O) groups excluding carboxylic acids is 2. The van der Waals surface area contributed by atoms with Gasteiger partial charge in [0.1, 0.15) is 0 Å². The number of hydrogen-bond acceptors (Lipinski definition) is 4. The number of benzene rings is 2. The van der Waals surface area contributed by atoms with Gasteiger partial charge in [-0.25, -0.2) is 8.42 Å². The molecule has 1 N–H and O–H groups in total. The van der Waals surface area contributed by atoms with Crippen LogP contribution in [0.1, 0.15) is 10.4 Å². The van der Waals surface area contributed by atoms with Gasteiger partial charge in [0.05, 0.1) is 11.4 Å². The van der Waals surface area contributed by atoms with E-state index in [4.69, 9.17) is 0 Å². The number of hydrogen-bond donors (Lipinski definition) is 1. The molecule has 0 atom stereocenters. The monoisotopic (exact) mass is 373 g/mol. The molecule has 2 aromatic carbocycles. The molecule has 1 heterocycles. The molecule has 1 aliphatic heterocycles. The number of rotatable bonds is 4. The zero-order valence-electron chi connectivity index (χ0n) is 14.3. The maximum atomic E-state index is 12.8. The molecule has 0 saturated carbocycles. The van der Waals surface area contributed by atoms with Crippen molar-refractivity contribution in [2.75, 3.05) is 31.6 Å². The van der Waals surface area contributed by atoms with Crippen molar-refractivity contribution in [3.8, 4) is 0 Å². The van der Waals surface area contributed by atoms with E-state index in [0.717, 1.165) is 4.31 Å². The van der Waals surface area contributed by atoms with Crippen LogP contribution in [0.15, 0.2) is 59.5 Å². The summed E-state index contributed by atoms with van der Waals surface area (Å²) in [6.45, 7) is 0.258. The average molecular weight is 373 g/mol. The molecule has 8 heteroatoms. The molecule has 3 rings (SSSR count). The molecule has 0 unspecified atom stereocenters. The highest BCUT2D eigenvalue weighted by Gasteiger charge is 2.29. The van der Waals surface area contributed by atoms with Crippen LogP contribution < -0.4 is 10.2 Å². The third kappa shape index (κ3) is 3.61. The minimum absolute atomic E-state index is 0.000452.